The zero-order valence-electron chi connectivity index (χ0n) is 15.0. The van der Waals surface area contributed by atoms with Gasteiger partial charge < -0.3 is 16.0 Å². The lowest BCUT2D eigenvalue weighted by Gasteiger charge is -2.23. The molecule has 0 spiro atoms. The van der Waals surface area contributed by atoms with Gasteiger partial charge in [0.25, 0.3) is 0 Å². The highest BCUT2D eigenvalue weighted by Gasteiger charge is 2.18. The predicted octanol–water partition coefficient (Wildman–Crippen LogP) is 1.38. The first-order chi connectivity index (χ1) is 12.1. The number of nitrogens with one attached hydrogen (secondary N) is 3. The van der Waals surface area contributed by atoms with Crippen molar-refractivity contribution in [1.82, 2.24) is 25.7 Å². The first kappa shape index (κ1) is 17.6. The number of rotatable bonds is 6. The Labute approximate surface area is 149 Å². The van der Waals surface area contributed by atoms with Crippen LogP contribution in [0.5, 0.6) is 0 Å². The number of benzene rings is 1. The molecule has 1 aromatic carbocycles. The van der Waals surface area contributed by atoms with E-state index in [-0.39, 0.29) is 11.9 Å². The fourth-order valence-corrected chi connectivity index (χ4v) is 3.24. The summed E-state index contributed by atoms with van der Waals surface area (Å²) in [7, 11) is 0. The summed E-state index contributed by atoms with van der Waals surface area (Å²) in [5, 5.41) is 14.4. The lowest BCUT2D eigenvalue weighted by molar-refractivity contribution is -0.118. The molecule has 3 rings (SSSR count). The van der Waals surface area contributed by atoms with Crippen LogP contribution in [0.4, 0.5) is 0 Å². The summed E-state index contributed by atoms with van der Waals surface area (Å²) < 4.78 is 2.08. The molecule has 0 radical (unpaired) electrons. The van der Waals surface area contributed by atoms with Gasteiger partial charge in [-0.2, -0.15) is 5.10 Å². The molecular formula is C19H27N5O. The van der Waals surface area contributed by atoms with Gasteiger partial charge in [-0.25, -0.2) is 0 Å². The van der Waals surface area contributed by atoms with E-state index in [0.29, 0.717) is 12.6 Å². The average molecular weight is 341 g/mol. The molecule has 134 valence electrons. The van der Waals surface area contributed by atoms with E-state index in [2.05, 4.69) is 63.0 Å². The Morgan fingerprint density at radius 3 is 2.92 bits per heavy atom. The number of amides is 1. The van der Waals surface area contributed by atoms with Gasteiger partial charge in [0.15, 0.2) is 0 Å². The van der Waals surface area contributed by atoms with Gasteiger partial charge in [-0.15, -0.1) is 0 Å². The molecule has 2 atom stereocenters. The van der Waals surface area contributed by atoms with Gasteiger partial charge in [0, 0.05) is 44.8 Å². The molecule has 2 unspecified atom stereocenters. The topological polar surface area (TPSA) is 71.0 Å². The molecule has 6 nitrogen and oxygen atoms in total. The van der Waals surface area contributed by atoms with Crippen molar-refractivity contribution < 1.29 is 4.79 Å². The molecule has 1 aliphatic heterocycles. The van der Waals surface area contributed by atoms with Crippen molar-refractivity contribution in [2.75, 3.05) is 13.1 Å². The maximum absolute atomic E-state index is 10.9. The quantitative estimate of drug-likeness (QED) is 0.742. The Balaban J connectivity index is 1.54. The molecule has 1 aromatic heterocycles. The van der Waals surface area contributed by atoms with Crippen LogP contribution < -0.4 is 16.0 Å². The van der Waals surface area contributed by atoms with Crippen LogP contribution in [0, 0.1) is 0 Å². The summed E-state index contributed by atoms with van der Waals surface area (Å²) in [4.78, 5) is 10.9. The molecule has 3 N–H and O–H groups in total. The predicted molar refractivity (Wildman–Crippen MR) is 98.1 cm³/mol. The van der Waals surface area contributed by atoms with E-state index in [1.165, 1.54) is 16.8 Å². The number of fused-ring (bicyclic) bond motifs is 1. The number of nitrogens with zero attached hydrogens (tertiary/aromatic N) is 2. The smallest absolute Gasteiger partial charge is 0.216 e. The molecule has 0 saturated carbocycles. The highest BCUT2D eigenvalue weighted by molar-refractivity contribution is 5.72. The van der Waals surface area contributed by atoms with E-state index in [4.69, 9.17) is 0 Å². The highest BCUT2D eigenvalue weighted by Crippen LogP contribution is 2.15. The maximum Gasteiger partial charge on any atom is 0.216 e. The highest BCUT2D eigenvalue weighted by atomic mass is 16.1. The molecule has 2 heterocycles. The van der Waals surface area contributed by atoms with Crippen molar-refractivity contribution in [2.24, 2.45) is 0 Å². The minimum absolute atomic E-state index is 0.0202. The molecule has 0 bridgehead atoms. The second kappa shape index (κ2) is 8.27. The van der Waals surface area contributed by atoms with Crippen molar-refractivity contribution >= 4 is 5.91 Å². The second-order valence-corrected chi connectivity index (χ2v) is 6.70. The fourth-order valence-electron chi connectivity index (χ4n) is 3.24. The van der Waals surface area contributed by atoms with E-state index in [9.17, 15) is 4.79 Å². The zero-order chi connectivity index (χ0) is 17.6. The normalized spacial score (nSPS) is 18.2. The molecule has 0 aliphatic carbocycles. The molecule has 2 aromatic rings. The Morgan fingerprint density at radius 1 is 1.36 bits per heavy atom. The van der Waals surface area contributed by atoms with Gasteiger partial charge >= 0.3 is 0 Å². The average Bonchev–Trinajstić information content (AvgIpc) is 2.93. The summed E-state index contributed by atoms with van der Waals surface area (Å²) in [6.45, 7) is 7.11. The Bertz CT molecular complexity index is 694. The summed E-state index contributed by atoms with van der Waals surface area (Å²) >= 11 is 0. The van der Waals surface area contributed by atoms with Gasteiger partial charge in [-0.05, 0) is 30.5 Å². The van der Waals surface area contributed by atoms with Crippen LogP contribution in [0.2, 0.25) is 0 Å². The molecule has 1 amide bonds. The monoisotopic (exact) mass is 341 g/mol. The molecule has 0 fully saturated rings. The lowest BCUT2D eigenvalue weighted by Crippen LogP contribution is -2.40. The van der Waals surface area contributed by atoms with Gasteiger partial charge in [0.1, 0.15) is 0 Å². The first-order valence-electron chi connectivity index (χ1n) is 8.92. The van der Waals surface area contributed by atoms with Crippen molar-refractivity contribution in [3.63, 3.8) is 0 Å². The second-order valence-electron chi connectivity index (χ2n) is 6.70. The molecule has 0 saturated heterocycles. The van der Waals surface area contributed by atoms with Gasteiger partial charge in [0.2, 0.25) is 5.91 Å². The van der Waals surface area contributed by atoms with Crippen molar-refractivity contribution in [3.8, 4) is 0 Å². The third-order valence-corrected chi connectivity index (χ3v) is 4.65. The first-order valence-corrected chi connectivity index (χ1v) is 8.92. The third-order valence-electron chi connectivity index (χ3n) is 4.65. The zero-order valence-corrected chi connectivity index (χ0v) is 15.0. The summed E-state index contributed by atoms with van der Waals surface area (Å²) in [6, 6.07) is 11.3. The van der Waals surface area contributed by atoms with E-state index < -0.39 is 0 Å². The minimum atomic E-state index is 0.0202. The Morgan fingerprint density at radius 2 is 2.16 bits per heavy atom. The molecule has 1 aliphatic rings. The number of carbonyl (C=O) groups is 1. The van der Waals surface area contributed by atoms with Crippen LogP contribution in [-0.2, 0) is 24.3 Å². The summed E-state index contributed by atoms with van der Waals surface area (Å²) in [6.07, 6.45) is 2.72. The van der Waals surface area contributed by atoms with Crippen molar-refractivity contribution in [2.45, 2.75) is 45.4 Å². The summed E-state index contributed by atoms with van der Waals surface area (Å²) in [5.74, 6) is 0.0202. The van der Waals surface area contributed by atoms with Crippen LogP contribution in [0.25, 0.3) is 0 Å². The minimum Gasteiger partial charge on any atom is -0.356 e. The number of hydrogen-bond acceptors (Lipinski definition) is 4. The van der Waals surface area contributed by atoms with Crippen LogP contribution in [0.15, 0.2) is 36.5 Å². The molecule has 6 heteroatoms. The van der Waals surface area contributed by atoms with E-state index >= 15 is 0 Å². The molecule has 25 heavy (non-hydrogen) atoms. The molecular weight excluding hydrogens is 314 g/mol. The van der Waals surface area contributed by atoms with Crippen LogP contribution >= 0.6 is 0 Å². The van der Waals surface area contributed by atoms with Crippen LogP contribution in [-0.4, -0.2) is 34.8 Å². The Hall–Kier alpha value is -2.18. The van der Waals surface area contributed by atoms with Gasteiger partial charge in [-0.1, -0.05) is 24.3 Å². The fraction of sp³-hybridized carbons (Fsp3) is 0.474. The number of hydrogen-bond donors (Lipinski definition) is 3. The lowest BCUT2D eigenvalue weighted by atomic mass is 10.0. The van der Waals surface area contributed by atoms with Crippen molar-refractivity contribution in [3.05, 3.63) is 53.3 Å². The van der Waals surface area contributed by atoms with Crippen molar-refractivity contribution in [1.29, 1.82) is 0 Å². The SMILES string of the molecule is CC(=O)NCCc1ccc(C(C)NC2CNCc3ccnn3C2)cc1. The third kappa shape index (κ3) is 4.90. The Kier molecular flexibility index (Phi) is 5.83. The van der Waals surface area contributed by atoms with Gasteiger partial charge in [-0.3, -0.25) is 9.48 Å². The van der Waals surface area contributed by atoms with Crippen LogP contribution in [0.3, 0.4) is 0 Å². The largest absolute Gasteiger partial charge is 0.356 e. The van der Waals surface area contributed by atoms with E-state index in [0.717, 1.165) is 26.1 Å². The van der Waals surface area contributed by atoms with Gasteiger partial charge in [0.05, 0.1) is 12.2 Å². The standard InChI is InChI=1S/C19H27N5O/c1-14(17-5-3-16(4-6-17)7-9-21-15(2)25)23-18-11-20-12-19-8-10-22-24(19)13-18/h3-6,8,10,14,18,20,23H,7,9,11-13H2,1-2H3,(H,21,25). The van der Waals surface area contributed by atoms with E-state index in [1.807, 2.05) is 6.20 Å². The van der Waals surface area contributed by atoms with E-state index in [1.54, 1.807) is 6.92 Å². The van der Waals surface area contributed by atoms with Crippen LogP contribution in [0.1, 0.15) is 36.7 Å². The number of carbonyl (C=O) groups excluding carboxylic acids is 1. The number of aromatic nitrogens is 2. The maximum atomic E-state index is 10.9. The summed E-state index contributed by atoms with van der Waals surface area (Å²) in [5.41, 5.74) is 3.75.